The van der Waals surface area contributed by atoms with E-state index in [-0.39, 0.29) is 11.3 Å². The van der Waals surface area contributed by atoms with Crippen molar-refractivity contribution in [3.8, 4) is 11.5 Å². The normalized spacial score (nSPS) is 11.6. The molecule has 0 atom stereocenters. The van der Waals surface area contributed by atoms with E-state index in [0.29, 0.717) is 17.2 Å². The average molecular weight is 482 g/mol. The molecule has 0 radical (unpaired) electrons. The highest BCUT2D eigenvalue weighted by atomic mass is 32.2. The van der Waals surface area contributed by atoms with Crippen LogP contribution in [0.1, 0.15) is 17.3 Å². The van der Waals surface area contributed by atoms with Gasteiger partial charge in [0.1, 0.15) is 0 Å². The van der Waals surface area contributed by atoms with Crippen LogP contribution >= 0.6 is 0 Å². The Morgan fingerprint density at radius 1 is 0.971 bits per heavy atom. The minimum absolute atomic E-state index is 0.140. The summed E-state index contributed by atoms with van der Waals surface area (Å²) in [5.41, 5.74) is 3.12. The topological polar surface area (TPSA) is 89.9 Å². The Bertz CT molecular complexity index is 1510. The van der Waals surface area contributed by atoms with Gasteiger partial charge in [0.15, 0.2) is 11.5 Å². The standard InChI is InChI=1S/C25H27N3O5S/c1-6-28-20-10-8-7-9-17(20)18-13-16(11-12-21(18)28)26-25(29)19-14-23(32-3)24(33-4)15-22(19)27(2)34(5,30)31/h7-15H,6H2,1-5H3,(H,26,29). The second-order valence-corrected chi connectivity index (χ2v) is 9.92. The van der Waals surface area contributed by atoms with Crippen LogP contribution in [0.3, 0.4) is 0 Å². The third-order valence-corrected chi connectivity index (χ3v) is 7.12. The highest BCUT2D eigenvalue weighted by Gasteiger charge is 2.24. The quantitative estimate of drug-likeness (QED) is 0.420. The van der Waals surface area contributed by atoms with Gasteiger partial charge in [-0.25, -0.2) is 8.42 Å². The Labute approximate surface area is 198 Å². The Morgan fingerprint density at radius 3 is 2.26 bits per heavy atom. The largest absolute Gasteiger partial charge is 0.493 e. The molecule has 4 aromatic rings. The fraction of sp³-hybridized carbons (Fsp3) is 0.240. The number of sulfonamides is 1. The summed E-state index contributed by atoms with van der Waals surface area (Å²) in [5, 5.41) is 5.03. The lowest BCUT2D eigenvalue weighted by atomic mass is 10.1. The van der Waals surface area contributed by atoms with Gasteiger partial charge in [0.2, 0.25) is 10.0 Å². The Morgan fingerprint density at radius 2 is 1.62 bits per heavy atom. The van der Waals surface area contributed by atoms with E-state index in [1.165, 1.54) is 33.4 Å². The zero-order valence-electron chi connectivity index (χ0n) is 19.7. The molecule has 1 amide bonds. The number of nitrogens with one attached hydrogen (secondary N) is 1. The molecule has 4 rings (SSSR count). The predicted octanol–water partition coefficient (Wildman–Crippen LogP) is 4.48. The SMILES string of the molecule is CCn1c2ccccc2c2cc(NC(=O)c3cc(OC)c(OC)cc3N(C)S(C)(=O)=O)ccc21. The highest BCUT2D eigenvalue weighted by molar-refractivity contribution is 7.92. The maximum atomic E-state index is 13.4. The maximum absolute atomic E-state index is 13.4. The zero-order valence-corrected chi connectivity index (χ0v) is 20.6. The van der Waals surface area contributed by atoms with Gasteiger partial charge in [0.05, 0.1) is 31.7 Å². The molecule has 0 aliphatic rings. The molecule has 9 heteroatoms. The molecule has 1 N–H and O–H groups in total. The molecule has 1 heterocycles. The molecule has 34 heavy (non-hydrogen) atoms. The number of aryl methyl sites for hydroxylation is 1. The Balaban J connectivity index is 1.80. The number of para-hydroxylation sites is 1. The number of ether oxygens (including phenoxy) is 2. The number of nitrogens with zero attached hydrogens (tertiary/aromatic N) is 2. The van der Waals surface area contributed by atoms with E-state index in [1.807, 2.05) is 30.3 Å². The number of anilines is 2. The average Bonchev–Trinajstić information content (AvgIpc) is 3.15. The minimum atomic E-state index is -3.63. The number of benzene rings is 3. The van der Waals surface area contributed by atoms with Crippen LogP contribution in [-0.2, 0) is 16.6 Å². The highest BCUT2D eigenvalue weighted by Crippen LogP contribution is 2.36. The summed E-state index contributed by atoms with van der Waals surface area (Å²) in [6.07, 6.45) is 1.07. The van der Waals surface area contributed by atoms with Crippen LogP contribution in [-0.4, -0.2) is 46.4 Å². The number of aromatic nitrogens is 1. The van der Waals surface area contributed by atoms with Gasteiger partial charge < -0.3 is 19.4 Å². The third kappa shape index (κ3) is 4.03. The summed E-state index contributed by atoms with van der Waals surface area (Å²) in [4.78, 5) is 13.4. The molecule has 0 aliphatic heterocycles. The van der Waals surface area contributed by atoms with Gasteiger partial charge in [0, 0.05) is 47.2 Å². The van der Waals surface area contributed by atoms with Crippen LogP contribution < -0.4 is 19.1 Å². The van der Waals surface area contributed by atoms with Gasteiger partial charge in [-0.05, 0) is 37.3 Å². The summed E-state index contributed by atoms with van der Waals surface area (Å²) in [6, 6.07) is 16.8. The lowest BCUT2D eigenvalue weighted by molar-refractivity contribution is 0.102. The first kappa shape index (κ1) is 23.4. The van der Waals surface area contributed by atoms with Crippen molar-refractivity contribution in [1.82, 2.24) is 4.57 Å². The molecular weight excluding hydrogens is 454 g/mol. The summed E-state index contributed by atoms with van der Waals surface area (Å²) >= 11 is 0. The van der Waals surface area contributed by atoms with Crippen molar-refractivity contribution < 1.29 is 22.7 Å². The van der Waals surface area contributed by atoms with Crippen LogP contribution in [0.5, 0.6) is 11.5 Å². The minimum Gasteiger partial charge on any atom is -0.493 e. The number of methoxy groups -OCH3 is 2. The zero-order chi connectivity index (χ0) is 24.6. The Kier molecular flexibility index (Phi) is 6.14. The second-order valence-electron chi connectivity index (χ2n) is 7.90. The van der Waals surface area contributed by atoms with E-state index in [0.717, 1.165) is 38.9 Å². The summed E-state index contributed by atoms with van der Waals surface area (Å²) in [7, 11) is 0.663. The molecule has 0 aliphatic carbocycles. The lowest BCUT2D eigenvalue weighted by Gasteiger charge is -2.22. The number of fused-ring (bicyclic) bond motifs is 3. The van der Waals surface area contributed by atoms with Gasteiger partial charge in [-0.3, -0.25) is 9.10 Å². The monoisotopic (exact) mass is 481 g/mol. The van der Waals surface area contributed by atoms with E-state index in [4.69, 9.17) is 9.47 Å². The van der Waals surface area contributed by atoms with Crippen LogP contribution in [0.4, 0.5) is 11.4 Å². The van der Waals surface area contributed by atoms with E-state index in [9.17, 15) is 13.2 Å². The van der Waals surface area contributed by atoms with Crippen molar-refractivity contribution in [3.05, 3.63) is 60.2 Å². The number of carbonyl (C=O) groups is 1. The van der Waals surface area contributed by atoms with Crippen LogP contribution in [0.15, 0.2) is 54.6 Å². The first-order chi connectivity index (χ1) is 16.2. The molecule has 8 nitrogen and oxygen atoms in total. The smallest absolute Gasteiger partial charge is 0.257 e. The van der Waals surface area contributed by atoms with E-state index in [2.05, 4.69) is 28.9 Å². The molecule has 0 spiro atoms. The van der Waals surface area contributed by atoms with Crippen molar-refractivity contribution in [2.75, 3.05) is 37.1 Å². The lowest BCUT2D eigenvalue weighted by Crippen LogP contribution is -2.28. The van der Waals surface area contributed by atoms with E-state index >= 15 is 0 Å². The molecule has 178 valence electrons. The number of rotatable bonds is 7. The molecule has 0 saturated heterocycles. The summed E-state index contributed by atoms with van der Waals surface area (Å²) in [5.74, 6) is 0.170. The van der Waals surface area contributed by atoms with Crippen LogP contribution in [0.25, 0.3) is 21.8 Å². The van der Waals surface area contributed by atoms with Crippen molar-refractivity contribution in [3.63, 3.8) is 0 Å². The first-order valence-electron chi connectivity index (χ1n) is 10.7. The fourth-order valence-corrected chi connectivity index (χ4v) is 4.67. The molecule has 1 aromatic heterocycles. The van der Waals surface area contributed by atoms with Crippen LogP contribution in [0.2, 0.25) is 0 Å². The van der Waals surface area contributed by atoms with Gasteiger partial charge in [-0.2, -0.15) is 0 Å². The summed E-state index contributed by atoms with van der Waals surface area (Å²) in [6.45, 7) is 2.92. The van der Waals surface area contributed by atoms with E-state index < -0.39 is 15.9 Å². The second kappa shape index (κ2) is 8.90. The summed E-state index contributed by atoms with van der Waals surface area (Å²) < 4.78 is 38.4. The first-order valence-corrected chi connectivity index (χ1v) is 12.6. The number of amides is 1. The van der Waals surface area contributed by atoms with Crippen molar-refractivity contribution in [2.45, 2.75) is 13.5 Å². The third-order valence-electron chi connectivity index (χ3n) is 5.93. The molecule has 3 aromatic carbocycles. The van der Waals surface area contributed by atoms with Gasteiger partial charge >= 0.3 is 0 Å². The molecule has 0 fully saturated rings. The van der Waals surface area contributed by atoms with Crippen molar-refractivity contribution >= 4 is 49.1 Å². The van der Waals surface area contributed by atoms with Gasteiger partial charge in [0.25, 0.3) is 5.91 Å². The molecular formula is C25H27N3O5S. The number of carbonyl (C=O) groups excluding carboxylic acids is 1. The van der Waals surface area contributed by atoms with E-state index in [1.54, 1.807) is 0 Å². The molecule has 0 unspecified atom stereocenters. The fourth-order valence-electron chi connectivity index (χ4n) is 4.16. The van der Waals surface area contributed by atoms with Crippen LogP contribution in [0, 0.1) is 0 Å². The maximum Gasteiger partial charge on any atom is 0.257 e. The number of hydrogen-bond donors (Lipinski definition) is 1. The molecule has 0 bridgehead atoms. The van der Waals surface area contributed by atoms with Gasteiger partial charge in [-0.15, -0.1) is 0 Å². The number of hydrogen-bond acceptors (Lipinski definition) is 5. The van der Waals surface area contributed by atoms with Crippen molar-refractivity contribution in [2.24, 2.45) is 0 Å². The molecule has 0 saturated carbocycles. The van der Waals surface area contributed by atoms with Crippen molar-refractivity contribution in [1.29, 1.82) is 0 Å². The Hall–Kier alpha value is -3.72. The predicted molar refractivity (Wildman–Crippen MR) is 136 cm³/mol. The van der Waals surface area contributed by atoms with Gasteiger partial charge in [-0.1, -0.05) is 18.2 Å².